The molecule has 4 rings (SSSR count). The number of aromatic nitrogens is 4. The average molecular weight is 500 g/mol. The van der Waals surface area contributed by atoms with Crippen LogP contribution in [0.3, 0.4) is 0 Å². The Bertz CT molecular complexity index is 1390. The van der Waals surface area contributed by atoms with Crippen molar-refractivity contribution in [1.82, 2.24) is 19.9 Å². The standard InChI is InChI=1S/C31H39B3N4/c1-27(2,3)25-36-24(37-26(38-25)28(4,5)6)16-13-14-17(35-15-16)18-21(32)19-20(23(34)22(18)33)30(9,10)31(11,12)29(19,7)8/h13-15H,1-12H3. The maximum absolute atomic E-state index is 6.93. The predicted octanol–water partition coefficient (Wildman–Crippen LogP) is 4.17. The molecule has 7 heteroatoms. The molecule has 0 aliphatic heterocycles. The summed E-state index contributed by atoms with van der Waals surface area (Å²) in [5.74, 6) is 2.11. The van der Waals surface area contributed by atoms with Crippen LogP contribution in [-0.2, 0) is 21.7 Å². The number of pyridine rings is 1. The van der Waals surface area contributed by atoms with Crippen LogP contribution in [0.25, 0.3) is 22.6 Å². The fraction of sp³-hybridized carbons (Fsp3) is 0.548. The number of benzene rings is 1. The molecule has 192 valence electrons. The lowest BCUT2D eigenvalue weighted by Gasteiger charge is -2.45. The molecule has 0 bridgehead atoms. The van der Waals surface area contributed by atoms with Gasteiger partial charge in [0, 0.05) is 22.6 Å². The summed E-state index contributed by atoms with van der Waals surface area (Å²) in [7, 11) is 20.4. The summed E-state index contributed by atoms with van der Waals surface area (Å²) in [5, 5.41) is 0. The molecule has 0 atom stereocenters. The molecule has 3 aromatic rings. The maximum atomic E-state index is 6.93. The van der Waals surface area contributed by atoms with Crippen molar-refractivity contribution in [3.8, 4) is 22.6 Å². The lowest BCUT2D eigenvalue weighted by molar-refractivity contribution is 0.125. The Morgan fingerprint density at radius 2 is 1.11 bits per heavy atom. The van der Waals surface area contributed by atoms with Gasteiger partial charge in [-0.25, -0.2) is 15.0 Å². The van der Waals surface area contributed by atoms with E-state index >= 15 is 0 Å². The highest BCUT2D eigenvalue weighted by Gasteiger charge is 2.58. The quantitative estimate of drug-likeness (QED) is 0.496. The van der Waals surface area contributed by atoms with E-state index in [4.69, 9.17) is 43.5 Å². The van der Waals surface area contributed by atoms with Crippen LogP contribution in [0, 0.1) is 5.41 Å². The molecule has 0 spiro atoms. The zero-order valence-electron chi connectivity index (χ0n) is 25.3. The summed E-state index contributed by atoms with van der Waals surface area (Å²) in [6.07, 6.45) is 1.78. The molecule has 2 aromatic heterocycles. The molecule has 2 heterocycles. The summed E-state index contributed by atoms with van der Waals surface area (Å²) in [6.45, 7) is 26.1. The highest BCUT2D eigenvalue weighted by atomic mass is 15.1. The monoisotopic (exact) mass is 500 g/mol. The lowest BCUT2D eigenvalue weighted by Crippen LogP contribution is -2.44. The minimum Gasteiger partial charge on any atom is -0.256 e. The molecule has 0 N–H and O–H groups in total. The van der Waals surface area contributed by atoms with Crippen LogP contribution in [0.15, 0.2) is 18.3 Å². The molecule has 1 aromatic carbocycles. The third-order valence-corrected chi connectivity index (χ3v) is 9.25. The van der Waals surface area contributed by atoms with Gasteiger partial charge in [-0.15, -0.1) is 0 Å². The molecule has 0 amide bonds. The van der Waals surface area contributed by atoms with Crippen molar-refractivity contribution in [2.75, 3.05) is 0 Å². The molecule has 0 unspecified atom stereocenters. The zero-order chi connectivity index (χ0) is 28.8. The van der Waals surface area contributed by atoms with Crippen LogP contribution in [0.1, 0.15) is 106 Å². The summed E-state index contributed by atoms with van der Waals surface area (Å²) < 4.78 is 0. The SMILES string of the molecule is [B]c1c([B])c2c(c([B])c1-c1ccc(-c3nc(C(C)(C)C)nc(C(C)(C)C)n3)cn1)C(C)(C)C(C)(C)C2(C)C. The van der Waals surface area contributed by atoms with Crippen molar-refractivity contribution in [1.29, 1.82) is 0 Å². The Labute approximate surface area is 233 Å². The highest BCUT2D eigenvalue weighted by Crippen LogP contribution is 2.60. The molecule has 6 radical (unpaired) electrons. The summed E-state index contributed by atoms with van der Waals surface area (Å²) in [6, 6.07) is 3.90. The van der Waals surface area contributed by atoms with Gasteiger partial charge < -0.3 is 0 Å². The molecule has 4 nitrogen and oxygen atoms in total. The largest absolute Gasteiger partial charge is 0.256 e. The first-order valence-electron chi connectivity index (χ1n) is 13.4. The van der Waals surface area contributed by atoms with Gasteiger partial charge in [0.25, 0.3) is 0 Å². The fourth-order valence-corrected chi connectivity index (χ4v) is 5.64. The highest BCUT2D eigenvalue weighted by molar-refractivity contribution is 6.55. The number of nitrogens with zero attached hydrogens (tertiary/aromatic N) is 4. The van der Waals surface area contributed by atoms with Gasteiger partial charge in [-0.3, -0.25) is 4.98 Å². The van der Waals surface area contributed by atoms with Crippen LogP contribution >= 0.6 is 0 Å². The van der Waals surface area contributed by atoms with Gasteiger partial charge in [-0.2, -0.15) is 0 Å². The van der Waals surface area contributed by atoms with E-state index in [-0.39, 0.29) is 27.1 Å². The minimum absolute atomic E-state index is 0.0961. The molecule has 38 heavy (non-hydrogen) atoms. The van der Waals surface area contributed by atoms with Crippen LogP contribution < -0.4 is 16.4 Å². The summed E-state index contributed by atoms with van der Waals surface area (Å²) in [5.41, 5.74) is 5.08. The van der Waals surface area contributed by atoms with E-state index in [9.17, 15) is 0 Å². The van der Waals surface area contributed by atoms with Crippen LogP contribution in [0.5, 0.6) is 0 Å². The molecular weight excluding hydrogens is 461 g/mol. The van der Waals surface area contributed by atoms with Crippen LogP contribution in [0.2, 0.25) is 0 Å². The van der Waals surface area contributed by atoms with E-state index in [2.05, 4.69) is 83.1 Å². The third kappa shape index (κ3) is 4.07. The van der Waals surface area contributed by atoms with Gasteiger partial charge in [-0.05, 0) is 45.1 Å². The molecular formula is C31H39B3N4. The Kier molecular flexibility index (Phi) is 6.42. The summed E-state index contributed by atoms with van der Waals surface area (Å²) in [4.78, 5) is 19.2. The van der Waals surface area contributed by atoms with Crippen molar-refractivity contribution in [2.24, 2.45) is 5.41 Å². The normalized spacial score (nSPS) is 17.9. The van der Waals surface area contributed by atoms with E-state index in [0.717, 1.165) is 28.3 Å². The van der Waals surface area contributed by atoms with Crippen molar-refractivity contribution in [2.45, 2.75) is 105 Å². The Hall–Kier alpha value is -2.43. The fourth-order valence-electron chi connectivity index (χ4n) is 5.64. The number of hydrogen-bond donors (Lipinski definition) is 0. The second-order valence-electron chi connectivity index (χ2n) is 14.5. The van der Waals surface area contributed by atoms with Crippen molar-refractivity contribution < 1.29 is 0 Å². The maximum Gasteiger partial charge on any atom is 0.164 e. The lowest BCUT2D eigenvalue weighted by atomic mass is 9.58. The van der Waals surface area contributed by atoms with Gasteiger partial charge >= 0.3 is 0 Å². The Morgan fingerprint density at radius 3 is 1.53 bits per heavy atom. The zero-order valence-corrected chi connectivity index (χ0v) is 25.3. The van der Waals surface area contributed by atoms with E-state index in [1.807, 2.05) is 12.1 Å². The molecule has 1 aliphatic carbocycles. The predicted molar refractivity (Wildman–Crippen MR) is 162 cm³/mol. The van der Waals surface area contributed by atoms with Crippen molar-refractivity contribution >= 4 is 39.9 Å². The van der Waals surface area contributed by atoms with Gasteiger partial charge in [0.2, 0.25) is 0 Å². The molecule has 0 saturated carbocycles. The Morgan fingerprint density at radius 1 is 0.632 bits per heavy atom. The van der Waals surface area contributed by atoms with Crippen LogP contribution in [0.4, 0.5) is 0 Å². The van der Waals surface area contributed by atoms with E-state index in [1.165, 1.54) is 0 Å². The van der Waals surface area contributed by atoms with Crippen molar-refractivity contribution in [3.05, 3.63) is 41.1 Å². The first-order chi connectivity index (χ1) is 17.1. The van der Waals surface area contributed by atoms with Gasteiger partial charge in [0.15, 0.2) is 5.82 Å². The minimum atomic E-state index is -0.218. The average Bonchev–Trinajstić information content (AvgIpc) is 2.90. The van der Waals surface area contributed by atoms with E-state index in [0.29, 0.717) is 33.5 Å². The first-order valence-corrected chi connectivity index (χ1v) is 13.4. The van der Waals surface area contributed by atoms with Crippen molar-refractivity contribution in [3.63, 3.8) is 0 Å². The van der Waals surface area contributed by atoms with Gasteiger partial charge in [0.1, 0.15) is 35.2 Å². The number of fused-ring (bicyclic) bond motifs is 1. The first kappa shape index (κ1) is 28.6. The van der Waals surface area contributed by atoms with E-state index in [1.54, 1.807) is 6.20 Å². The summed E-state index contributed by atoms with van der Waals surface area (Å²) >= 11 is 0. The number of rotatable bonds is 2. The van der Waals surface area contributed by atoms with Gasteiger partial charge in [-0.1, -0.05) is 99.5 Å². The Balaban J connectivity index is 1.89. The van der Waals surface area contributed by atoms with Gasteiger partial charge in [0.05, 0.1) is 5.69 Å². The van der Waals surface area contributed by atoms with Crippen LogP contribution in [-0.4, -0.2) is 43.5 Å². The third-order valence-electron chi connectivity index (χ3n) is 9.25. The topological polar surface area (TPSA) is 51.6 Å². The molecule has 0 fully saturated rings. The second kappa shape index (κ2) is 8.54. The molecule has 0 saturated heterocycles. The second-order valence-corrected chi connectivity index (χ2v) is 14.5. The smallest absolute Gasteiger partial charge is 0.164 e. The van der Waals surface area contributed by atoms with E-state index < -0.39 is 0 Å². The number of hydrogen-bond acceptors (Lipinski definition) is 4. The molecule has 1 aliphatic rings.